The number of ether oxygens (including phenoxy) is 1. The van der Waals surface area contributed by atoms with Crippen LogP contribution in [0, 0.1) is 6.92 Å². The molecule has 6 aromatic rings. The summed E-state index contributed by atoms with van der Waals surface area (Å²) in [5.41, 5.74) is 4.47. The first-order valence-corrected chi connectivity index (χ1v) is 16.7. The van der Waals surface area contributed by atoms with E-state index in [2.05, 4.69) is 20.3 Å². The Labute approximate surface area is 274 Å². The van der Waals surface area contributed by atoms with Gasteiger partial charge >= 0.3 is 0 Å². The molecule has 240 valence electrons. The Morgan fingerprint density at radius 3 is 2.38 bits per heavy atom. The van der Waals surface area contributed by atoms with Gasteiger partial charge in [0.25, 0.3) is 15.9 Å². The Morgan fingerprint density at radius 1 is 0.915 bits per heavy atom. The number of fused-ring (bicyclic) bond motifs is 1. The molecule has 0 spiro atoms. The smallest absolute Gasteiger partial charge is 0.269 e. The minimum atomic E-state index is -4.03. The molecule has 0 bridgehead atoms. The first-order chi connectivity index (χ1) is 22.7. The number of hydrogen-bond acceptors (Lipinski definition) is 7. The normalized spacial score (nSPS) is 11.7. The fraction of sp³-hybridized carbons (Fsp3) is 0.194. The van der Waals surface area contributed by atoms with Crippen LogP contribution in [0.3, 0.4) is 0 Å². The number of carbonyl (C=O) groups excluding carboxylic acids is 1. The van der Waals surface area contributed by atoms with Crippen molar-refractivity contribution >= 4 is 32.7 Å². The SMILES string of the molecule is Cc1ccc(S(=O)(=O)n2cc(NC(=O)c3cnn(Cc4ccccc4)c3)c3cc(-c4ccc(OCCCN(C)C)cc4)cnc32)cc1. The number of pyridine rings is 1. The van der Waals surface area contributed by atoms with E-state index < -0.39 is 15.9 Å². The number of aromatic nitrogens is 4. The number of nitrogens with zero attached hydrogens (tertiary/aromatic N) is 5. The maximum atomic E-state index is 13.8. The van der Waals surface area contributed by atoms with Crippen molar-refractivity contribution in [3.05, 3.63) is 126 Å². The summed E-state index contributed by atoms with van der Waals surface area (Å²) in [6.07, 6.45) is 7.12. The molecule has 11 heteroatoms. The molecule has 47 heavy (non-hydrogen) atoms. The van der Waals surface area contributed by atoms with Crippen LogP contribution in [0.5, 0.6) is 5.75 Å². The van der Waals surface area contributed by atoms with Crippen molar-refractivity contribution < 1.29 is 17.9 Å². The van der Waals surface area contributed by atoms with Gasteiger partial charge in [-0.2, -0.15) is 5.10 Å². The van der Waals surface area contributed by atoms with Crippen LogP contribution in [-0.4, -0.2) is 65.2 Å². The van der Waals surface area contributed by atoms with Crippen molar-refractivity contribution in [2.45, 2.75) is 24.8 Å². The summed E-state index contributed by atoms with van der Waals surface area (Å²) in [5, 5.41) is 7.74. The van der Waals surface area contributed by atoms with E-state index in [4.69, 9.17) is 4.74 Å². The largest absolute Gasteiger partial charge is 0.494 e. The standard InChI is InChI=1S/C36H36N6O4S/c1-26-10-16-32(17-11-26)47(44,45)42-25-34(39-36(43)30-22-38-41(24-30)23-27-8-5-4-6-9-27)33-20-29(21-37-35(33)42)28-12-14-31(15-13-28)46-19-7-18-40(2)3/h4-6,8-17,20-22,24-25H,7,18-19,23H2,1-3H3,(H,39,43). The summed E-state index contributed by atoms with van der Waals surface area (Å²) < 4.78 is 36.3. The van der Waals surface area contributed by atoms with Gasteiger partial charge in [0.15, 0.2) is 5.65 Å². The van der Waals surface area contributed by atoms with Gasteiger partial charge in [0.05, 0.1) is 35.5 Å². The van der Waals surface area contributed by atoms with Crippen molar-refractivity contribution in [2.24, 2.45) is 0 Å². The molecule has 0 saturated heterocycles. The van der Waals surface area contributed by atoms with Crippen LogP contribution in [0.4, 0.5) is 5.69 Å². The Morgan fingerprint density at radius 2 is 1.66 bits per heavy atom. The number of amides is 1. The molecule has 0 unspecified atom stereocenters. The maximum Gasteiger partial charge on any atom is 0.269 e. The topological polar surface area (TPSA) is 111 Å². The fourth-order valence-corrected chi connectivity index (χ4v) is 6.51. The molecule has 0 saturated carbocycles. The van der Waals surface area contributed by atoms with E-state index in [-0.39, 0.29) is 10.5 Å². The molecular weight excluding hydrogens is 613 g/mol. The van der Waals surface area contributed by atoms with Gasteiger partial charge in [-0.15, -0.1) is 0 Å². The third-order valence-electron chi connectivity index (χ3n) is 7.73. The van der Waals surface area contributed by atoms with Gasteiger partial charge in [0, 0.05) is 36.1 Å². The molecule has 0 atom stereocenters. The second-order valence-corrected chi connectivity index (χ2v) is 13.5. The zero-order valence-electron chi connectivity index (χ0n) is 26.5. The minimum Gasteiger partial charge on any atom is -0.494 e. The van der Waals surface area contributed by atoms with Crippen LogP contribution in [0.1, 0.15) is 27.9 Å². The molecule has 0 fully saturated rings. The number of hydrogen-bond donors (Lipinski definition) is 1. The molecule has 3 heterocycles. The summed E-state index contributed by atoms with van der Waals surface area (Å²) in [5.74, 6) is 0.343. The highest BCUT2D eigenvalue weighted by Gasteiger charge is 2.24. The number of rotatable bonds is 12. The molecule has 1 amide bonds. The Kier molecular flexibility index (Phi) is 9.19. The van der Waals surface area contributed by atoms with Crippen LogP contribution < -0.4 is 10.1 Å². The number of benzene rings is 3. The number of aryl methyl sites for hydroxylation is 1. The van der Waals surface area contributed by atoms with E-state index in [9.17, 15) is 13.2 Å². The second kappa shape index (κ2) is 13.6. The summed E-state index contributed by atoms with van der Waals surface area (Å²) in [6, 6.07) is 25.9. The third-order valence-corrected chi connectivity index (χ3v) is 9.39. The van der Waals surface area contributed by atoms with Crippen molar-refractivity contribution in [2.75, 3.05) is 32.6 Å². The highest BCUT2D eigenvalue weighted by atomic mass is 32.2. The van der Waals surface area contributed by atoms with Gasteiger partial charge in [-0.05, 0) is 68.9 Å². The minimum absolute atomic E-state index is 0.118. The molecule has 6 rings (SSSR count). The Hall–Kier alpha value is -5.26. The van der Waals surface area contributed by atoms with E-state index in [1.165, 1.54) is 12.4 Å². The molecule has 3 aromatic carbocycles. The van der Waals surface area contributed by atoms with Crippen LogP contribution in [0.2, 0.25) is 0 Å². The lowest BCUT2D eigenvalue weighted by atomic mass is 10.1. The molecule has 10 nitrogen and oxygen atoms in total. The molecule has 3 aromatic heterocycles. The van der Waals surface area contributed by atoms with E-state index in [0.29, 0.717) is 29.8 Å². The van der Waals surface area contributed by atoms with Crippen molar-refractivity contribution in [3.63, 3.8) is 0 Å². The molecule has 0 radical (unpaired) electrons. The van der Waals surface area contributed by atoms with Crippen LogP contribution >= 0.6 is 0 Å². The fourth-order valence-electron chi connectivity index (χ4n) is 5.19. The average molecular weight is 649 g/mol. The zero-order chi connectivity index (χ0) is 33.0. The summed E-state index contributed by atoms with van der Waals surface area (Å²) in [6.45, 7) is 3.96. The van der Waals surface area contributed by atoms with Gasteiger partial charge in [0.1, 0.15) is 5.75 Å². The van der Waals surface area contributed by atoms with E-state index in [1.807, 2.05) is 81.7 Å². The van der Waals surface area contributed by atoms with Crippen molar-refractivity contribution in [3.8, 4) is 16.9 Å². The van der Waals surface area contributed by atoms with Crippen LogP contribution in [0.15, 0.2) is 115 Å². The lowest BCUT2D eigenvalue weighted by Gasteiger charge is -2.11. The van der Waals surface area contributed by atoms with E-state index in [1.54, 1.807) is 41.3 Å². The van der Waals surface area contributed by atoms with Gasteiger partial charge in [-0.1, -0.05) is 60.2 Å². The lowest BCUT2D eigenvalue weighted by molar-refractivity contribution is 0.102. The monoisotopic (exact) mass is 648 g/mol. The van der Waals surface area contributed by atoms with Crippen LogP contribution in [-0.2, 0) is 16.6 Å². The number of nitrogens with one attached hydrogen (secondary N) is 1. The predicted octanol–water partition coefficient (Wildman–Crippen LogP) is 6.08. The second-order valence-electron chi connectivity index (χ2n) is 11.6. The number of anilines is 1. The first kappa shape index (κ1) is 31.7. The van der Waals surface area contributed by atoms with Gasteiger partial charge in [-0.3, -0.25) is 9.48 Å². The number of carbonyl (C=O) groups is 1. The van der Waals surface area contributed by atoms with E-state index in [0.717, 1.165) is 44.9 Å². The van der Waals surface area contributed by atoms with Gasteiger partial charge in [0.2, 0.25) is 0 Å². The predicted molar refractivity (Wildman–Crippen MR) is 183 cm³/mol. The van der Waals surface area contributed by atoms with Gasteiger partial charge < -0.3 is 15.0 Å². The van der Waals surface area contributed by atoms with Gasteiger partial charge in [-0.25, -0.2) is 17.4 Å². The van der Waals surface area contributed by atoms with Crippen LogP contribution in [0.25, 0.3) is 22.2 Å². The average Bonchev–Trinajstić information content (AvgIpc) is 3.69. The first-order valence-electron chi connectivity index (χ1n) is 15.3. The Balaban J connectivity index is 1.32. The highest BCUT2D eigenvalue weighted by molar-refractivity contribution is 7.90. The Bertz CT molecular complexity index is 2100. The summed E-state index contributed by atoms with van der Waals surface area (Å²) in [4.78, 5) is 20.3. The molecule has 1 N–H and O–H groups in total. The van der Waals surface area contributed by atoms with E-state index >= 15 is 0 Å². The highest BCUT2D eigenvalue weighted by Crippen LogP contribution is 2.33. The summed E-state index contributed by atoms with van der Waals surface area (Å²) >= 11 is 0. The molecule has 0 aliphatic heterocycles. The van der Waals surface area contributed by atoms with Crippen molar-refractivity contribution in [1.82, 2.24) is 23.6 Å². The zero-order valence-corrected chi connectivity index (χ0v) is 27.3. The quantitative estimate of drug-likeness (QED) is 0.160. The maximum absolute atomic E-state index is 13.8. The summed E-state index contributed by atoms with van der Waals surface area (Å²) in [7, 11) is 0.0373. The third kappa shape index (κ3) is 7.26. The lowest BCUT2D eigenvalue weighted by Crippen LogP contribution is -2.15. The molecule has 0 aliphatic rings. The molecule has 0 aliphatic carbocycles. The molecular formula is C36H36N6O4S. The van der Waals surface area contributed by atoms with Crippen molar-refractivity contribution in [1.29, 1.82) is 0 Å².